The van der Waals surface area contributed by atoms with E-state index in [1.807, 2.05) is 6.92 Å². The monoisotopic (exact) mass is 285 g/mol. The maximum absolute atomic E-state index is 7.48. The first-order chi connectivity index (χ1) is 7.32. The molecular formula is C11H18Cl3NO. The summed E-state index contributed by atoms with van der Waals surface area (Å²) in [6.45, 7) is 7.83. The summed E-state index contributed by atoms with van der Waals surface area (Å²) in [5.41, 5.74) is 0. The van der Waals surface area contributed by atoms with Gasteiger partial charge in [-0.25, -0.2) is 0 Å². The Balaban J connectivity index is 4.29. The fourth-order valence-electron chi connectivity index (χ4n) is 1.29. The standard InChI is InChI=1S/C11H18Cl3NO/c1-4-6-7-8(3)9(5-2)16-10(15)11(12,13)14/h5,8-9,15H,2,4,6-7H2,1,3H3/t8-,9+/m1/s1. The predicted molar refractivity (Wildman–Crippen MR) is 71.8 cm³/mol. The van der Waals surface area contributed by atoms with Crippen LogP contribution in [0.15, 0.2) is 12.7 Å². The Hall–Kier alpha value is 0.0800. The number of hydrogen-bond donors (Lipinski definition) is 1. The van der Waals surface area contributed by atoms with Crippen LogP contribution in [0.1, 0.15) is 33.1 Å². The zero-order chi connectivity index (χ0) is 12.8. The quantitative estimate of drug-likeness (QED) is 0.325. The average Bonchev–Trinajstić information content (AvgIpc) is 2.20. The molecule has 16 heavy (non-hydrogen) atoms. The minimum atomic E-state index is -1.80. The molecule has 0 saturated heterocycles. The Morgan fingerprint density at radius 2 is 2.06 bits per heavy atom. The molecule has 0 aromatic rings. The summed E-state index contributed by atoms with van der Waals surface area (Å²) in [5, 5.41) is 7.48. The maximum atomic E-state index is 7.48. The smallest absolute Gasteiger partial charge is 0.265 e. The Labute approximate surface area is 112 Å². The van der Waals surface area contributed by atoms with E-state index in [2.05, 4.69) is 13.5 Å². The second-order valence-corrected chi connectivity index (χ2v) is 6.05. The van der Waals surface area contributed by atoms with Crippen molar-refractivity contribution < 1.29 is 4.74 Å². The summed E-state index contributed by atoms with van der Waals surface area (Å²) in [7, 11) is 0. The summed E-state index contributed by atoms with van der Waals surface area (Å²) in [6.07, 6.45) is 4.59. The molecule has 0 saturated carbocycles. The number of alkyl halides is 3. The molecule has 0 aliphatic rings. The van der Waals surface area contributed by atoms with Gasteiger partial charge in [0.25, 0.3) is 3.79 Å². The average molecular weight is 287 g/mol. The third kappa shape index (κ3) is 5.97. The highest BCUT2D eigenvalue weighted by molar-refractivity contribution is 6.76. The van der Waals surface area contributed by atoms with Gasteiger partial charge in [0, 0.05) is 0 Å². The van der Waals surface area contributed by atoms with Crippen LogP contribution in [0.2, 0.25) is 0 Å². The van der Waals surface area contributed by atoms with Crippen LogP contribution in [0.3, 0.4) is 0 Å². The van der Waals surface area contributed by atoms with E-state index in [4.69, 9.17) is 44.9 Å². The lowest BCUT2D eigenvalue weighted by Gasteiger charge is -2.24. The van der Waals surface area contributed by atoms with Crippen molar-refractivity contribution in [2.75, 3.05) is 0 Å². The fourth-order valence-corrected chi connectivity index (χ4v) is 1.42. The molecule has 1 N–H and O–H groups in total. The normalized spacial score (nSPS) is 15.3. The van der Waals surface area contributed by atoms with E-state index >= 15 is 0 Å². The van der Waals surface area contributed by atoms with Crippen LogP contribution in [0, 0.1) is 11.3 Å². The third-order valence-corrected chi connectivity index (χ3v) is 2.83. The van der Waals surface area contributed by atoms with Crippen LogP contribution >= 0.6 is 34.8 Å². The number of unbranched alkanes of at least 4 members (excludes halogenated alkanes) is 1. The molecule has 2 nitrogen and oxygen atoms in total. The van der Waals surface area contributed by atoms with Gasteiger partial charge >= 0.3 is 0 Å². The molecule has 0 aliphatic carbocycles. The number of rotatable bonds is 6. The van der Waals surface area contributed by atoms with Gasteiger partial charge in [-0.3, -0.25) is 5.41 Å². The molecule has 0 unspecified atom stereocenters. The zero-order valence-corrected chi connectivity index (χ0v) is 11.9. The van der Waals surface area contributed by atoms with Gasteiger partial charge in [-0.1, -0.05) is 74.1 Å². The molecule has 0 amide bonds. The molecule has 0 fully saturated rings. The van der Waals surface area contributed by atoms with Crippen LogP contribution in [0.25, 0.3) is 0 Å². The van der Waals surface area contributed by atoms with E-state index < -0.39 is 3.79 Å². The van der Waals surface area contributed by atoms with Gasteiger partial charge in [0.2, 0.25) is 5.90 Å². The van der Waals surface area contributed by atoms with Crippen molar-refractivity contribution in [3.05, 3.63) is 12.7 Å². The van der Waals surface area contributed by atoms with Crippen molar-refractivity contribution in [2.24, 2.45) is 5.92 Å². The molecule has 0 aromatic carbocycles. The molecule has 0 aromatic heterocycles. The van der Waals surface area contributed by atoms with E-state index in [0.29, 0.717) is 0 Å². The van der Waals surface area contributed by atoms with Gasteiger partial charge in [0.15, 0.2) is 0 Å². The molecular weight excluding hydrogens is 268 g/mol. The van der Waals surface area contributed by atoms with Crippen molar-refractivity contribution >= 4 is 40.7 Å². The summed E-state index contributed by atoms with van der Waals surface area (Å²) >= 11 is 16.6. The van der Waals surface area contributed by atoms with Gasteiger partial charge in [-0.15, -0.1) is 0 Å². The van der Waals surface area contributed by atoms with Crippen LogP contribution in [-0.4, -0.2) is 15.8 Å². The van der Waals surface area contributed by atoms with E-state index in [9.17, 15) is 0 Å². The highest BCUT2D eigenvalue weighted by Gasteiger charge is 2.31. The van der Waals surface area contributed by atoms with Crippen molar-refractivity contribution in [3.63, 3.8) is 0 Å². The molecule has 94 valence electrons. The van der Waals surface area contributed by atoms with Crippen molar-refractivity contribution in [1.29, 1.82) is 5.41 Å². The SMILES string of the molecule is C=C[C@H](OC(=N)C(Cl)(Cl)Cl)[C@H](C)CCCC. The summed E-state index contributed by atoms with van der Waals surface area (Å²) in [4.78, 5) is 0. The lowest BCUT2D eigenvalue weighted by molar-refractivity contribution is 0.163. The highest BCUT2D eigenvalue weighted by Crippen LogP contribution is 2.29. The number of hydrogen-bond acceptors (Lipinski definition) is 2. The first kappa shape index (κ1) is 16.1. The van der Waals surface area contributed by atoms with E-state index in [1.165, 1.54) is 0 Å². The Bertz CT molecular complexity index is 238. The second kappa shape index (κ2) is 7.41. The summed E-state index contributed by atoms with van der Waals surface area (Å²) in [6, 6.07) is 0. The Morgan fingerprint density at radius 1 is 1.50 bits per heavy atom. The lowest BCUT2D eigenvalue weighted by atomic mass is 9.98. The van der Waals surface area contributed by atoms with E-state index in [-0.39, 0.29) is 17.9 Å². The molecule has 0 aliphatic heterocycles. The fraction of sp³-hybridized carbons (Fsp3) is 0.727. The van der Waals surface area contributed by atoms with Crippen LogP contribution in [-0.2, 0) is 4.74 Å². The molecule has 0 rings (SSSR count). The van der Waals surface area contributed by atoms with Gasteiger partial charge in [-0.05, 0) is 12.3 Å². The van der Waals surface area contributed by atoms with E-state index in [0.717, 1.165) is 19.3 Å². The van der Waals surface area contributed by atoms with Crippen LogP contribution in [0.4, 0.5) is 0 Å². The molecule has 0 bridgehead atoms. The number of ether oxygens (including phenoxy) is 1. The van der Waals surface area contributed by atoms with Crippen LogP contribution in [0.5, 0.6) is 0 Å². The van der Waals surface area contributed by atoms with Gasteiger partial charge in [0.05, 0.1) is 0 Å². The van der Waals surface area contributed by atoms with Crippen molar-refractivity contribution in [3.8, 4) is 0 Å². The van der Waals surface area contributed by atoms with Gasteiger partial charge in [0.1, 0.15) is 6.10 Å². The highest BCUT2D eigenvalue weighted by atomic mass is 35.6. The first-order valence-corrected chi connectivity index (χ1v) is 6.41. The second-order valence-electron chi connectivity index (χ2n) is 3.76. The Kier molecular flexibility index (Phi) is 7.45. The van der Waals surface area contributed by atoms with Gasteiger partial charge < -0.3 is 4.74 Å². The maximum Gasteiger partial charge on any atom is 0.265 e. The molecule has 5 heteroatoms. The third-order valence-electron chi connectivity index (χ3n) is 2.32. The van der Waals surface area contributed by atoms with E-state index in [1.54, 1.807) is 6.08 Å². The van der Waals surface area contributed by atoms with Crippen molar-refractivity contribution in [2.45, 2.75) is 43.0 Å². The zero-order valence-electron chi connectivity index (χ0n) is 9.60. The minimum Gasteiger partial charge on any atom is -0.470 e. The topological polar surface area (TPSA) is 33.1 Å². The lowest BCUT2D eigenvalue weighted by Crippen LogP contribution is -2.29. The summed E-state index contributed by atoms with van der Waals surface area (Å²) in [5.74, 6) is -0.101. The molecule has 0 radical (unpaired) electrons. The van der Waals surface area contributed by atoms with Crippen molar-refractivity contribution in [1.82, 2.24) is 0 Å². The first-order valence-electron chi connectivity index (χ1n) is 5.27. The van der Waals surface area contributed by atoms with Crippen LogP contribution < -0.4 is 0 Å². The Morgan fingerprint density at radius 3 is 2.44 bits per heavy atom. The minimum absolute atomic E-state index is 0.255. The largest absolute Gasteiger partial charge is 0.470 e. The molecule has 0 heterocycles. The molecule has 0 spiro atoms. The summed E-state index contributed by atoms with van der Waals surface area (Å²) < 4.78 is 3.49. The van der Waals surface area contributed by atoms with Gasteiger partial charge in [-0.2, -0.15) is 0 Å². The molecule has 2 atom stereocenters. The number of nitrogens with one attached hydrogen (secondary N) is 1. The number of halogens is 3. The predicted octanol–water partition coefficient (Wildman–Crippen LogP) is 4.73.